The molecule has 3 N–H and O–H groups in total. The molecule has 2 unspecified atom stereocenters. The Bertz CT molecular complexity index is 538. The van der Waals surface area contributed by atoms with Gasteiger partial charge in [0.2, 0.25) is 11.8 Å². The molecule has 1 aromatic heterocycles. The molecule has 3 rings (SSSR count). The van der Waals surface area contributed by atoms with Gasteiger partial charge in [0.15, 0.2) is 0 Å². The van der Waals surface area contributed by atoms with Crippen molar-refractivity contribution in [3.63, 3.8) is 0 Å². The molecule has 21 heavy (non-hydrogen) atoms. The quantitative estimate of drug-likeness (QED) is 0.809. The van der Waals surface area contributed by atoms with E-state index in [1.54, 1.807) is 0 Å². The third kappa shape index (κ3) is 2.76. The molecule has 2 atom stereocenters. The zero-order valence-electron chi connectivity index (χ0n) is 11.7. The zero-order chi connectivity index (χ0) is 14.8. The summed E-state index contributed by atoms with van der Waals surface area (Å²) in [4.78, 5) is 29.6. The molecule has 0 spiro atoms. The molecular formula is C13H19N5O3. The highest BCUT2D eigenvalue weighted by Crippen LogP contribution is 2.23. The molecule has 1 aromatic rings. The summed E-state index contributed by atoms with van der Waals surface area (Å²) in [5, 5.41) is 7.00. The van der Waals surface area contributed by atoms with Crippen LogP contribution < -0.4 is 11.1 Å². The van der Waals surface area contributed by atoms with Crippen LogP contribution in [0.1, 0.15) is 54.7 Å². The van der Waals surface area contributed by atoms with Gasteiger partial charge in [-0.1, -0.05) is 5.16 Å². The second kappa shape index (κ2) is 5.80. The summed E-state index contributed by atoms with van der Waals surface area (Å²) in [5.41, 5.74) is 5.37. The van der Waals surface area contributed by atoms with Crippen molar-refractivity contribution in [2.45, 2.75) is 44.2 Å². The minimum atomic E-state index is -0.571. The largest absolute Gasteiger partial charge is 0.368 e. The van der Waals surface area contributed by atoms with E-state index in [-0.39, 0.29) is 17.8 Å². The summed E-state index contributed by atoms with van der Waals surface area (Å²) < 4.78 is 5.17. The molecule has 2 aliphatic heterocycles. The van der Waals surface area contributed by atoms with Crippen molar-refractivity contribution in [2.75, 3.05) is 13.1 Å². The molecule has 0 radical (unpaired) electrons. The Balaban J connectivity index is 1.76. The zero-order valence-corrected chi connectivity index (χ0v) is 11.7. The SMILES string of the molecule is NC(=O)C1CCCCN1C(=O)c1noc(C2CCCN2)n1. The number of carbonyl (C=O) groups excluding carboxylic acids is 2. The molecule has 2 amide bonds. The normalized spacial score (nSPS) is 26.0. The average molecular weight is 293 g/mol. The highest BCUT2D eigenvalue weighted by atomic mass is 16.5. The van der Waals surface area contributed by atoms with Crippen molar-refractivity contribution < 1.29 is 14.1 Å². The summed E-state index contributed by atoms with van der Waals surface area (Å²) in [6, 6.07) is -0.551. The standard InChI is InChI=1S/C13H19N5O3/c14-10(19)9-5-1-2-7-18(9)13(20)11-16-12(21-17-11)8-4-3-6-15-8/h8-9,15H,1-7H2,(H2,14,19). The highest BCUT2D eigenvalue weighted by molar-refractivity contribution is 5.94. The van der Waals surface area contributed by atoms with Crippen LogP contribution in [0.5, 0.6) is 0 Å². The number of hydrogen-bond donors (Lipinski definition) is 2. The third-order valence-electron chi connectivity index (χ3n) is 4.08. The Kier molecular flexibility index (Phi) is 3.87. The Hall–Kier alpha value is -1.96. The number of nitrogens with two attached hydrogens (primary N) is 1. The molecule has 0 aromatic carbocycles. The maximum absolute atomic E-state index is 12.5. The van der Waals surface area contributed by atoms with Crippen molar-refractivity contribution in [1.29, 1.82) is 0 Å². The Morgan fingerprint density at radius 1 is 1.29 bits per heavy atom. The molecule has 2 saturated heterocycles. The fourth-order valence-electron chi connectivity index (χ4n) is 2.96. The smallest absolute Gasteiger partial charge is 0.295 e. The number of piperidine rings is 1. The van der Waals surface area contributed by atoms with Crippen LogP contribution in [0.3, 0.4) is 0 Å². The van der Waals surface area contributed by atoms with Crippen molar-refractivity contribution in [3.8, 4) is 0 Å². The second-order valence-electron chi connectivity index (χ2n) is 5.52. The Morgan fingerprint density at radius 2 is 2.14 bits per heavy atom. The van der Waals surface area contributed by atoms with Crippen molar-refractivity contribution >= 4 is 11.8 Å². The predicted molar refractivity (Wildman–Crippen MR) is 72.1 cm³/mol. The van der Waals surface area contributed by atoms with E-state index in [9.17, 15) is 9.59 Å². The first-order valence-corrected chi connectivity index (χ1v) is 7.34. The van der Waals surface area contributed by atoms with Gasteiger partial charge in [0.1, 0.15) is 6.04 Å². The van der Waals surface area contributed by atoms with Gasteiger partial charge in [0.25, 0.3) is 11.7 Å². The lowest BCUT2D eigenvalue weighted by Crippen LogP contribution is -2.50. The number of carbonyl (C=O) groups is 2. The van der Waals surface area contributed by atoms with Crippen LogP contribution in [0, 0.1) is 0 Å². The van der Waals surface area contributed by atoms with E-state index >= 15 is 0 Å². The van der Waals surface area contributed by atoms with Crippen LogP contribution in [-0.4, -0.2) is 46.0 Å². The first-order chi connectivity index (χ1) is 10.2. The van der Waals surface area contributed by atoms with Crippen molar-refractivity contribution in [1.82, 2.24) is 20.4 Å². The predicted octanol–water partition coefficient (Wildman–Crippen LogP) is -0.0259. The van der Waals surface area contributed by atoms with Crippen molar-refractivity contribution in [2.24, 2.45) is 5.73 Å². The molecule has 114 valence electrons. The molecule has 0 bridgehead atoms. The van der Waals surface area contributed by atoms with Gasteiger partial charge in [-0.05, 0) is 38.6 Å². The Labute approximate surface area is 122 Å². The summed E-state index contributed by atoms with van der Waals surface area (Å²) in [6.45, 7) is 1.41. The second-order valence-corrected chi connectivity index (χ2v) is 5.52. The summed E-state index contributed by atoms with van der Waals surface area (Å²) in [6.07, 6.45) is 4.30. The van der Waals surface area contributed by atoms with E-state index in [4.69, 9.17) is 10.3 Å². The molecule has 0 saturated carbocycles. The minimum Gasteiger partial charge on any atom is -0.368 e. The van der Waals surface area contributed by atoms with Crippen LogP contribution in [-0.2, 0) is 4.79 Å². The van der Waals surface area contributed by atoms with E-state index in [0.717, 1.165) is 32.2 Å². The lowest BCUT2D eigenvalue weighted by Gasteiger charge is -2.32. The van der Waals surface area contributed by atoms with E-state index in [2.05, 4.69) is 15.5 Å². The number of likely N-dealkylation sites (tertiary alicyclic amines) is 1. The number of nitrogens with one attached hydrogen (secondary N) is 1. The van der Waals surface area contributed by atoms with Gasteiger partial charge in [-0.15, -0.1) is 0 Å². The number of hydrogen-bond acceptors (Lipinski definition) is 6. The number of primary amides is 1. The van der Waals surface area contributed by atoms with Crippen LogP contribution in [0.15, 0.2) is 4.52 Å². The third-order valence-corrected chi connectivity index (χ3v) is 4.08. The average Bonchev–Trinajstić information content (AvgIpc) is 3.17. The first kappa shape index (κ1) is 14.0. The van der Waals surface area contributed by atoms with Crippen LogP contribution in [0.4, 0.5) is 0 Å². The van der Waals surface area contributed by atoms with Gasteiger partial charge < -0.3 is 20.5 Å². The molecule has 8 nitrogen and oxygen atoms in total. The van der Waals surface area contributed by atoms with Gasteiger partial charge in [0, 0.05) is 6.54 Å². The van der Waals surface area contributed by atoms with E-state index in [0.29, 0.717) is 18.9 Å². The first-order valence-electron chi connectivity index (χ1n) is 7.34. The van der Waals surface area contributed by atoms with E-state index in [1.807, 2.05) is 0 Å². The Morgan fingerprint density at radius 3 is 2.86 bits per heavy atom. The number of nitrogens with zero attached hydrogens (tertiary/aromatic N) is 3. The van der Waals surface area contributed by atoms with E-state index in [1.165, 1.54) is 4.90 Å². The van der Waals surface area contributed by atoms with Gasteiger partial charge in [-0.25, -0.2) is 0 Å². The minimum absolute atomic E-state index is 0.00634. The number of rotatable bonds is 3. The summed E-state index contributed by atoms with van der Waals surface area (Å²) in [5.74, 6) is -0.425. The molecule has 8 heteroatoms. The lowest BCUT2D eigenvalue weighted by atomic mass is 10.0. The molecule has 2 fully saturated rings. The summed E-state index contributed by atoms with van der Waals surface area (Å²) >= 11 is 0. The van der Waals surface area contributed by atoms with Gasteiger partial charge in [0.05, 0.1) is 6.04 Å². The monoisotopic (exact) mass is 293 g/mol. The molecule has 3 heterocycles. The fraction of sp³-hybridized carbons (Fsp3) is 0.692. The van der Waals surface area contributed by atoms with Gasteiger partial charge in [-0.3, -0.25) is 9.59 Å². The maximum Gasteiger partial charge on any atom is 0.295 e. The van der Waals surface area contributed by atoms with Crippen molar-refractivity contribution in [3.05, 3.63) is 11.7 Å². The number of amides is 2. The van der Waals surface area contributed by atoms with Crippen LogP contribution in [0.25, 0.3) is 0 Å². The highest BCUT2D eigenvalue weighted by Gasteiger charge is 2.34. The maximum atomic E-state index is 12.5. The summed E-state index contributed by atoms with van der Waals surface area (Å²) in [7, 11) is 0. The molecular weight excluding hydrogens is 274 g/mol. The lowest BCUT2D eigenvalue weighted by molar-refractivity contribution is -0.123. The van der Waals surface area contributed by atoms with Gasteiger partial charge >= 0.3 is 0 Å². The van der Waals surface area contributed by atoms with E-state index < -0.39 is 11.9 Å². The molecule has 0 aliphatic carbocycles. The number of aromatic nitrogens is 2. The molecule has 2 aliphatic rings. The fourth-order valence-corrected chi connectivity index (χ4v) is 2.96. The van der Waals surface area contributed by atoms with Gasteiger partial charge in [-0.2, -0.15) is 4.98 Å². The van der Waals surface area contributed by atoms with Crippen LogP contribution >= 0.6 is 0 Å². The topological polar surface area (TPSA) is 114 Å². The van der Waals surface area contributed by atoms with Crippen LogP contribution in [0.2, 0.25) is 0 Å².